The van der Waals surface area contributed by atoms with Crippen molar-refractivity contribution >= 4 is 46.7 Å². The summed E-state index contributed by atoms with van der Waals surface area (Å²) in [6.45, 7) is 0. The third-order valence-corrected chi connectivity index (χ3v) is 3.50. The van der Waals surface area contributed by atoms with Crippen molar-refractivity contribution in [2.75, 3.05) is 0 Å². The Labute approximate surface area is 126 Å². The van der Waals surface area contributed by atoms with E-state index in [4.69, 9.17) is 34.8 Å². The molecule has 0 aliphatic rings. The lowest BCUT2D eigenvalue weighted by Gasteiger charge is -2.02. The standard InChI is InChI=1S/C15H9Cl3O/c16-11-5-2-1-4-10(11)8-9-14(19)15-12(17)6-3-7-13(15)18/h1-9H/b9-8+. The minimum atomic E-state index is -0.254. The van der Waals surface area contributed by atoms with Crippen LogP contribution in [0.15, 0.2) is 48.5 Å². The summed E-state index contributed by atoms with van der Waals surface area (Å²) in [7, 11) is 0. The number of allylic oxidation sites excluding steroid dienone is 1. The first kappa shape index (κ1) is 14.1. The van der Waals surface area contributed by atoms with Crippen molar-refractivity contribution in [2.45, 2.75) is 0 Å². The fraction of sp³-hybridized carbons (Fsp3) is 0. The molecule has 0 fully saturated rings. The fourth-order valence-corrected chi connectivity index (χ4v) is 2.37. The molecule has 0 bridgehead atoms. The number of carbonyl (C=O) groups excluding carboxylic acids is 1. The Kier molecular flexibility index (Phi) is 4.65. The molecule has 19 heavy (non-hydrogen) atoms. The Bertz CT molecular complexity index is 627. The molecular formula is C15H9Cl3O. The molecular weight excluding hydrogens is 303 g/mol. The summed E-state index contributed by atoms with van der Waals surface area (Å²) in [5.41, 5.74) is 1.06. The second-order valence-corrected chi connectivity index (χ2v) is 5.04. The second kappa shape index (κ2) is 6.25. The topological polar surface area (TPSA) is 17.1 Å². The van der Waals surface area contributed by atoms with Gasteiger partial charge in [0.05, 0.1) is 15.6 Å². The third kappa shape index (κ3) is 3.38. The second-order valence-electron chi connectivity index (χ2n) is 3.82. The zero-order valence-electron chi connectivity index (χ0n) is 9.74. The number of carbonyl (C=O) groups is 1. The normalized spacial score (nSPS) is 10.9. The number of halogens is 3. The molecule has 0 heterocycles. The van der Waals surface area contributed by atoms with Gasteiger partial charge in [0, 0.05) is 5.02 Å². The van der Waals surface area contributed by atoms with Gasteiger partial charge in [-0.3, -0.25) is 4.79 Å². The van der Waals surface area contributed by atoms with Gasteiger partial charge in [0.25, 0.3) is 0 Å². The zero-order chi connectivity index (χ0) is 13.8. The van der Waals surface area contributed by atoms with Gasteiger partial charge in [0.1, 0.15) is 0 Å². The van der Waals surface area contributed by atoms with Crippen molar-refractivity contribution in [1.29, 1.82) is 0 Å². The SMILES string of the molecule is O=C(/C=C/c1ccccc1Cl)c1c(Cl)cccc1Cl. The van der Waals surface area contributed by atoms with Gasteiger partial charge in [-0.1, -0.05) is 59.1 Å². The molecule has 0 unspecified atom stereocenters. The average Bonchev–Trinajstić information content (AvgIpc) is 2.37. The summed E-state index contributed by atoms with van der Waals surface area (Å²) < 4.78 is 0. The molecule has 0 radical (unpaired) electrons. The van der Waals surface area contributed by atoms with Crippen molar-refractivity contribution < 1.29 is 4.79 Å². The van der Waals surface area contributed by atoms with Crippen LogP contribution in [0.4, 0.5) is 0 Å². The molecule has 0 N–H and O–H groups in total. The smallest absolute Gasteiger partial charge is 0.188 e. The average molecular weight is 312 g/mol. The highest BCUT2D eigenvalue weighted by atomic mass is 35.5. The van der Waals surface area contributed by atoms with Crippen molar-refractivity contribution in [2.24, 2.45) is 0 Å². The van der Waals surface area contributed by atoms with Crippen LogP contribution in [0.3, 0.4) is 0 Å². The Morgan fingerprint density at radius 1 is 0.842 bits per heavy atom. The monoisotopic (exact) mass is 310 g/mol. The number of rotatable bonds is 3. The third-order valence-electron chi connectivity index (χ3n) is 2.53. The van der Waals surface area contributed by atoms with Crippen LogP contribution in [0.2, 0.25) is 15.1 Å². The van der Waals surface area contributed by atoms with Crippen LogP contribution in [-0.2, 0) is 0 Å². The van der Waals surface area contributed by atoms with E-state index in [1.54, 1.807) is 30.3 Å². The molecule has 0 atom stereocenters. The van der Waals surface area contributed by atoms with Gasteiger partial charge in [-0.05, 0) is 35.9 Å². The van der Waals surface area contributed by atoms with E-state index in [9.17, 15) is 4.79 Å². The molecule has 2 aromatic rings. The summed E-state index contributed by atoms with van der Waals surface area (Å²) >= 11 is 17.9. The molecule has 2 aromatic carbocycles. The van der Waals surface area contributed by atoms with Gasteiger partial charge in [-0.25, -0.2) is 0 Å². The van der Waals surface area contributed by atoms with Crippen molar-refractivity contribution in [3.8, 4) is 0 Å². The first-order valence-corrected chi connectivity index (χ1v) is 6.64. The number of hydrogen-bond donors (Lipinski definition) is 0. The maximum Gasteiger partial charge on any atom is 0.188 e. The van der Waals surface area contributed by atoms with Crippen LogP contribution in [0.1, 0.15) is 15.9 Å². The van der Waals surface area contributed by atoms with Crippen LogP contribution >= 0.6 is 34.8 Å². The molecule has 0 spiro atoms. The van der Waals surface area contributed by atoms with Gasteiger partial charge < -0.3 is 0 Å². The van der Waals surface area contributed by atoms with E-state index in [0.717, 1.165) is 5.56 Å². The Morgan fingerprint density at radius 3 is 2.05 bits per heavy atom. The van der Waals surface area contributed by atoms with Crippen molar-refractivity contribution in [3.63, 3.8) is 0 Å². The molecule has 0 saturated carbocycles. The molecule has 0 aromatic heterocycles. The highest BCUT2D eigenvalue weighted by Crippen LogP contribution is 2.25. The number of ketones is 1. The molecule has 0 aliphatic heterocycles. The van der Waals surface area contributed by atoms with E-state index >= 15 is 0 Å². The van der Waals surface area contributed by atoms with Gasteiger partial charge in [0.15, 0.2) is 5.78 Å². The highest BCUT2D eigenvalue weighted by Gasteiger charge is 2.11. The lowest BCUT2D eigenvalue weighted by Crippen LogP contribution is -1.96. The van der Waals surface area contributed by atoms with Crippen molar-refractivity contribution in [3.05, 3.63) is 74.7 Å². The van der Waals surface area contributed by atoms with Crippen LogP contribution in [-0.4, -0.2) is 5.78 Å². The first-order valence-electron chi connectivity index (χ1n) is 5.50. The molecule has 1 nitrogen and oxygen atoms in total. The lowest BCUT2D eigenvalue weighted by atomic mass is 10.1. The molecule has 0 aliphatic carbocycles. The predicted molar refractivity (Wildman–Crippen MR) is 81.3 cm³/mol. The van der Waals surface area contributed by atoms with Crippen LogP contribution in [0, 0.1) is 0 Å². The largest absolute Gasteiger partial charge is 0.289 e. The van der Waals surface area contributed by atoms with Crippen LogP contribution < -0.4 is 0 Å². The molecule has 0 amide bonds. The van der Waals surface area contributed by atoms with Gasteiger partial charge in [-0.15, -0.1) is 0 Å². The van der Waals surface area contributed by atoms with E-state index in [2.05, 4.69) is 0 Å². The Balaban J connectivity index is 2.30. The summed E-state index contributed by atoms with van der Waals surface area (Å²) in [6, 6.07) is 12.2. The molecule has 4 heteroatoms. The number of hydrogen-bond acceptors (Lipinski definition) is 1. The molecule has 2 rings (SSSR count). The summed E-state index contributed by atoms with van der Waals surface area (Å²) in [5, 5.41) is 1.25. The van der Waals surface area contributed by atoms with E-state index in [0.29, 0.717) is 20.6 Å². The van der Waals surface area contributed by atoms with E-state index in [1.807, 2.05) is 18.2 Å². The number of benzene rings is 2. The Morgan fingerprint density at radius 2 is 1.42 bits per heavy atom. The van der Waals surface area contributed by atoms with Crippen molar-refractivity contribution in [1.82, 2.24) is 0 Å². The van der Waals surface area contributed by atoms with E-state index in [-0.39, 0.29) is 5.78 Å². The predicted octanol–water partition coefficient (Wildman–Crippen LogP) is 5.54. The summed E-state index contributed by atoms with van der Waals surface area (Å²) in [6.07, 6.45) is 3.05. The first-order chi connectivity index (χ1) is 9.09. The minimum Gasteiger partial charge on any atom is -0.289 e. The quantitative estimate of drug-likeness (QED) is 0.537. The molecule has 96 valence electrons. The van der Waals surface area contributed by atoms with Gasteiger partial charge in [-0.2, -0.15) is 0 Å². The lowest BCUT2D eigenvalue weighted by molar-refractivity contribution is 0.104. The van der Waals surface area contributed by atoms with Gasteiger partial charge in [0.2, 0.25) is 0 Å². The maximum absolute atomic E-state index is 12.1. The van der Waals surface area contributed by atoms with E-state index < -0.39 is 0 Å². The Hall–Kier alpha value is -1.28. The minimum absolute atomic E-state index is 0.254. The van der Waals surface area contributed by atoms with Crippen LogP contribution in [0.5, 0.6) is 0 Å². The summed E-state index contributed by atoms with van der Waals surface area (Å²) in [5.74, 6) is -0.254. The fourth-order valence-electron chi connectivity index (χ4n) is 1.59. The zero-order valence-corrected chi connectivity index (χ0v) is 12.0. The van der Waals surface area contributed by atoms with Gasteiger partial charge >= 0.3 is 0 Å². The summed E-state index contributed by atoms with van der Waals surface area (Å²) in [4.78, 5) is 12.1. The highest BCUT2D eigenvalue weighted by molar-refractivity contribution is 6.40. The molecule has 0 saturated heterocycles. The maximum atomic E-state index is 12.1. The van der Waals surface area contributed by atoms with E-state index in [1.165, 1.54) is 6.08 Å². The van der Waals surface area contributed by atoms with Crippen LogP contribution in [0.25, 0.3) is 6.08 Å².